The minimum atomic E-state index is -1.35. The van der Waals surface area contributed by atoms with Gasteiger partial charge in [0.1, 0.15) is 5.75 Å². The molecule has 2 N–H and O–H groups in total. The topological polar surface area (TPSA) is 85.2 Å². The van der Waals surface area contributed by atoms with Crippen molar-refractivity contribution in [1.29, 1.82) is 0 Å². The first-order chi connectivity index (χ1) is 9.14. The predicted octanol–water partition coefficient (Wildman–Crippen LogP) is 0.525. The highest BCUT2D eigenvalue weighted by atomic mass is 16.6. The van der Waals surface area contributed by atoms with Gasteiger partial charge in [-0.25, -0.2) is 0 Å². The van der Waals surface area contributed by atoms with Gasteiger partial charge in [0.05, 0.1) is 19.6 Å². The number of carbonyl (C=O) groups excluding carboxylic acids is 1. The largest absolute Gasteiger partial charge is 0.497 e. The van der Waals surface area contributed by atoms with E-state index in [0.29, 0.717) is 11.3 Å². The molecule has 1 aromatic rings. The van der Waals surface area contributed by atoms with Crippen LogP contribution in [0.2, 0.25) is 0 Å². The maximum absolute atomic E-state index is 10.1. The van der Waals surface area contributed by atoms with Gasteiger partial charge in [0.25, 0.3) is 6.47 Å². The molecule has 0 radical (unpaired) electrons. The molecular formula is C13H20O6. The zero-order valence-electron chi connectivity index (χ0n) is 11.3. The van der Waals surface area contributed by atoms with Crippen LogP contribution in [0, 0.1) is 0 Å². The smallest absolute Gasteiger partial charge is 0.295 e. The molecule has 0 fully saturated rings. The zero-order chi connectivity index (χ0) is 14.7. The molecule has 2 unspecified atom stereocenters. The standard InChI is InChI=1S/C11H14O5.C2H6O/c1-15-9-4-2-8(3-5-9)10(6-12)11(14)16-7-13;1-3-2/h2-5,7,10-12,14H,6H2,1H3;1-2H3. The Labute approximate surface area is 112 Å². The summed E-state index contributed by atoms with van der Waals surface area (Å²) in [5.41, 5.74) is 0.664. The summed E-state index contributed by atoms with van der Waals surface area (Å²) in [5, 5.41) is 18.6. The van der Waals surface area contributed by atoms with Gasteiger partial charge in [0.2, 0.25) is 6.29 Å². The molecule has 6 heteroatoms. The number of benzene rings is 1. The Bertz CT molecular complexity index is 337. The first kappa shape index (κ1) is 17.4. The van der Waals surface area contributed by atoms with E-state index < -0.39 is 12.2 Å². The Morgan fingerprint density at radius 2 is 1.74 bits per heavy atom. The average Bonchev–Trinajstić information content (AvgIpc) is 2.41. The lowest BCUT2D eigenvalue weighted by atomic mass is 9.99. The highest BCUT2D eigenvalue weighted by Crippen LogP contribution is 2.22. The summed E-state index contributed by atoms with van der Waals surface area (Å²) in [7, 11) is 4.79. The Balaban J connectivity index is 0.000000982. The second-order valence-electron chi connectivity index (χ2n) is 3.59. The second kappa shape index (κ2) is 10.3. The molecule has 19 heavy (non-hydrogen) atoms. The van der Waals surface area contributed by atoms with Gasteiger partial charge in [-0.3, -0.25) is 4.79 Å². The summed E-state index contributed by atoms with van der Waals surface area (Å²) < 4.78 is 13.6. The van der Waals surface area contributed by atoms with Gasteiger partial charge in [-0.05, 0) is 17.7 Å². The SMILES string of the molecule is COC.COc1ccc(C(CO)C(O)OC=O)cc1. The van der Waals surface area contributed by atoms with Gasteiger partial charge >= 0.3 is 0 Å². The third-order valence-electron chi connectivity index (χ3n) is 2.28. The summed E-state index contributed by atoms with van der Waals surface area (Å²) in [6.45, 7) is -0.168. The van der Waals surface area contributed by atoms with Gasteiger partial charge in [-0.1, -0.05) is 12.1 Å². The number of aliphatic hydroxyl groups excluding tert-OH is 2. The molecule has 0 saturated carbocycles. The molecule has 0 aliphatic rings. The van der Waals surface area contributed by atoms with Gasteiger partial charge in [-0.15, -0.1) is 0 Å². The molecule has 1 aromatic carbocycles. The quantitative estimate of drug-likeness (QED) is 0.580. The molecule has 0 amide bonds. The Kier molecular flexibility index (Phi) is 9.42. The summed E-state index contributed by atoms with van der Waals surface area (Å²) in [5.74, 6) is 0.0161. The predicted molar refractivity (Wildman–Crippen MR) is 68.9 cm³/mol. The van der Waals surface area contributed by atoms with Crippen molar-refractivity contribution in [1.82, 2.24) is 0 Å². The number of methoxy groups -OCH3 is 2. The molecule has 2 atom stereocenters. The summed E-state index contributed by atoms with van der Waals surface area (Å²) >= 11 is 0. The van der Waals surface area contributed by atoms with E-state index in [0.717, 1.165) is 0 Å². The molecule has 0 aliphatic carbocycles. The van der Waals surface area contributed by atoms with Crippen LogP contribution in [0.5, 0.6) is 5.75 Å². The number of carbonyl (C=O) groups is 1. The van der Waals surface area contributed by atoms with Crippen LogP contribution < -0.4 is 4.74 Å². The summed E-state index contributed by atoms with van der Waals surface area (Å²) in [6.07, 6.45) is -1.35. The number of hydrogen-bond donors (Lipinski definition) is 2. The molecule has 0 saturated heterocycles. The molecule has 0 spiro atoms. The minimum absolute atomic E-state index is 0.150. The van der Waals surface area contributed by atoms with Crippen LogP contribution in [-0.2, 0) is 14.3 Å². The fraction of sp³-hybridized carbons (Fsp3) is 0.462. The number of ether oxygens (including phenoxy) is 3. The molecular weight excluding hydrogens is 252 g/mol. The van der Waals surface area contributed by atoms with Crippen LogP contribution in [0.15, 0.2) is 24.3 Å². The van der Waals surface area contributed by atoms with Crippen molar-refractivity contribution in [2.75, 3.05) is 27.9 Å². The van der Waals surface area contributed by atoms with Gasteiger partial charge in [0, 0.05) is 14.2 Å². The maximum Gasteiger partial charge on any atom is 0.295 e. The first-order valence-corrected chi connectivity index (χ1v) is 5.56. The monoisotopic (exact) mass is 272 g/mol. The normalized spacial score (nSPS) is 12.7. The third kappa shape index (κ3) is 6.19. The average molecular weight is 272 g/mol. The van der Waals surface area contributed by atoms with Crippen molar-refractivity contribution in [3.8, 4) is 5.75 Å². The fourth-order valence-electron chi connectivity index (χ4n) is 1.36. The lowest BCUT2D eigenvalue weighted by Crippen LogP contribution is -2.24. The van der Waals surface area contributed by atoms with Crippen LogP contribution >= 0.6 is 0 Å². The number of hydrogen-bond acceptors (Lipinski definition) is 6. The van der Waals surface area contributed by atoms with E-state index in [1.165, 1.54) is 0 Å². The van der Waals surface area contributed by atoms with Gasteiger partial charge < -0.3 is 24.4 Å². The molecule has 0 aromatic heterocycles. The fourth-order valence-corrected chi connectivity index (χ4v) is 1.36. The van der Waals surface area contributed by atoms with Crippen molar-refractivity contribution >= 4 is 6.47 Å². The van der Waals surface area contributed by atoms with Crippen molar-refractivity contribution < 1.29 is 29.2 Å². The van der Waals surface area contributed by atoms with E-state index in [9.17, 15) is 9.90 Å². The lowest BCUT2D eigenvalue weighted by Gasteiger charge is -2.19. The van der Waals surface area contributed by atoms with Gasteiger partial charge in [-0.2, -0.15) is 0 Å². The van der Waals surface area contributed by atoms with E-state index in [1.807, 2.05) is 0 Å². The third-order valence-corrected chi connectivity index (χ3v) is 2.28. The second-order valence-corrected chi connectivity index (χ2v) is 3.59. The molecule has 0 aliphatic heterocycles. The van der Waals surface area contributed by atoms with Crippen molar-refractivity contribution in [2.45, 2.75) is 12.2 Å². The Morgan fingerprint density at radius 1 is 1.21 bits per heavy atom. The lowest BCUT2D eigenvalue weighted by molar-refractivity contribution is -0.157. The van der Waals surface area contributed by atoms with Crippen molar-refractivity contribution in [3.63, 3.8) is 0 Å². The highest BCUT2D eigenvalue weighted by Gasteiger charge is 2.21. The van der Waals surface area contributed by atoms with E-state index in [1.54, 1.807) is 45.6 Å². The highest BCUT2D eigenvalue weighted by molar-refractivity contribution is 5.38. The molecule has 6 nitrogen and oxygen atoms in total. The Morgan fingerprint density at radius 3 is 2.11 bits per heavy atom. The maximum atomic E-state index is 10.1. The molecule has 108 valence electrons. The van der Waals surface area contributed by atoms with Crippen molar-refractivity contribution in [2.24, 2.45) is 0 Å². The van der Waals surface area contributed by atoms with Gasteiger partial charge in [0.15, 0.2) is 0 Å². The van der Waals surface area contributed by atoms with E-state index in [-0.39, 0.29) is 13.1 Å². The molecule has 0 heterocycles. The Hall–Kier alpha value is -1.63. The summed E-state index contributed by atoms with van der Waals surface area (Å²) in [4.78, 5) is 10.1. The van der Waals surface area contributed by atoms with Crippen LogP contribution in [-0.4, -0.2) is 50.9 Å². The number of aliphatic hydroxyl groups is 2. The minimum Gasteiger partial charge on any atom is -0.497 e. The summed E-state index contributed by atoms with van der Waals surface area (Å²) in [6, 6.07) is 6.78. The van der Waals surface area contributed by atoms with Crippen molar-refractivity contribution in [3.05, 3.63) is 29.8 Å². The van der Waals surface area contributed by atoms with Crippen LogP contribution in [0.3, 0.4) is 0 Å². The zero-order valence-corrected chi connectivity index (χ0v) is 11.3. The first-order valence-electron chi connectivity index (χ1n) is 5.56. The van der Waals surface area contributed by atoms with E-state index >= 15 is 0 Å². The van der Waals surface area contributed by atoms with Crippen LogP contribution in [0.4, 0.5) is 0 Å². The van der Waals surface area contributed by atoms with Crippen LogP contribution in [0.25, 0.3) is 0 Å². The molecule has 1 rings (SSSR count). The molecule has 0 bridgehead atoms. The number of rotatable bonds is 6. The van der Waals surface area contributed by atoms with Crippen LogP contribution in [0.1, 0.15) is 11.5 Å². The van der Waals surface area contributed by atoms with E-state index in [4.69, 9.17) is 9.84 Å². The van der Waals surface area contributed by atoms with E-state index in [2.05, 4.69) is 9.47 Å².